The fraction of sp³-hybridized carbons (Fsp3) is 0.200. The average molecular weight is 236 g/mol. The molecule has 1 aromatic carbocycles. The van der Waals surface area contributed by atoms with Crippen LogP contribution in [0.2, 0.25) is 0 Å². The Labute approximate surface area is 95.1 Å². The highest BCUT2D eigenvalue weighted by Crippen LogP contribution is 2.31. The van der Waals surface area contributed by atoms with Crippen molar-refractivity contribution in [2.75, 3.05) is 16.5 Å². The lowest BCUT2D eigenvalue weighted by molar-refractivity contribution is -0.115. The number of amides is 1. The number of para-hydroxylation sites is 1. The number of hydrogen-bond donors (Lipinski definition) is 0. The van der Waals surface area contributed by atoms with Crippen LogP contribution in [-0.4, -0.2) is 22.5 Å². The van der Waals surface area contributed by atoms with Crippen molar-refractivity contribution in [1.29, 1.82) is 0 Å². The normalized spacial score (nSPS) is 16.5. The van der Waals surface area contributed by atoms with E-state index in [2.05, 4.69) is 4.98 Å². The molecule has 0 unspecified atom stereocenters. The Morgan fingerprint density at radius 1 is 1.33 bits per heavy atom. The molecule has 1 saturated heterocycles. The second kappa shape index (κ2) is 3.50. The van der Waals surface area contributed by atoms with Crippen molar-refractivity contribution in [2.45, 2.75) is 0 Å². The first kappa shape index (κ1) is 9.18. The van der Waals surface area contributed by atoms with Crippen molar-refractivity contribution >= 4 is 44.4 Å². The molecule has 0 radical (unpaired) electrons. The zero-order valence-electron chi connectivity index (χ0n) is 7.84. The third-order valence-corrected chi connectivity index (χ3v) is 4.21. The Kier molecular flexibility index (Phi) is 2.14. The molecule has 0 bridgehead atoms. The minimum Gasteiger partial charge on any atom is -0.277 e. The van der Waals surface area contributed by atoms with Gasteiger partial charge >= 0.3 is 0 Å². The quantitative estimate of drug-likeness (QED) is 0.762. The highest BCUT2D eigenvalue weighted by atomic mass is 32.2. The highest BCUT2D eigenvalue weighted by Gasteiger charge is 2.24. The topological polar surface area (TPSA) is 33.2 Å². The molecule has 0 aliphatic carbocycles. The summed E-state index contributed by atoms with van der Waals surface area (Å²) >= 11 is 3.22. The van der Waals surface area contributed by atoms with Gasteiger partial charge < -0.3 is 0 Å². The van der Waals surface area contributed by atoms with Crippen LogP contribution in [-0.2, 0) is 4.79 Å². The number of carbonyl (C=O) groups is 1. The lowest BCUT2D eigenvalue weighted by atomic mass is 10.3. The van der Waals surface area contributed by atoms with E-state index in [4.69, 9.17) is 0 Å². The molecule has 2 aromatic rings. The molecule has 1 fully saturated rings. The highest BCUT2D eigenvalue weighted by molar-refractivity contribution is 8.00. The van der Waals surface area contributed by atoms with Gasteiger partial charge in [-0.2, -0.15) is 0 Å². The van der Waals surface area contributed by atoms with Crippen LogP contribution in [0.15, 0.2) is 24.3 Å². The van der Waals surface area contributed by atoms with Crippen LogP contribution in [0.1, 0.15) is 0 Å². The second-order valence-corrected chi connectivity index (χ2v) is 5.23. The van der Waals surface area contributed by atoms with Gasteiger partial charge in [-0.25, -0.2) is 4.98 Å². The van der Waals surface area contributed by atoms with Gasteiger partial charge in [0.15, 0.2) is 5.13 Å². The Morgan fingerprint density at radius 2 is 2.20 bits per heavy atom. The molecule has 0 atom stereocenters. The molecule has 2 heterocycles. The van der Waals surface area contributed by atoms with Crippen molar-refractivity contribution in [3.63, 3.8) is 0 Å². The van der Waals surface area contributed by atoms with Crippen LogP contribution < -0.4 is 4.90 Å². The Bertz CT molecular complexity index is 490. The molecule has 76 valence electrons. The van der Waals surface area contributed by atoms with E-state index in [-0.39, 0.29) is 5.91 Å². The molecule has 0 N–H and O–H groups in total. The lowest BCUT2D eigenvalue weighted by Crippen LogP contribution is -2.24. The van der Waals surface area contributed by atoms with Crippen LogP contribution in [0.3, 0.4) is 0 Å². The van der Waals surface area contributed by atoms with Crippen molar-refractivity contribution in [2.24, 2.45) is 0 Å². The molecule has 3 rings (SSSR count). The van der Waals surface area contributed by atoms with E-state index in [1.54, 1.807) is 28.0 Å². The van der Waals surface area contributed by atoms with E-state index in [1.807, 2.05) is 24.3 Å². The molecule has 5 heteroatoms. The molecule has 0 saturated carbocycles. The number of rotatable bonds is 1. The Morgan fingerprint density at radius 3 is 2.93 bits per heavy atom. The largest absolute Gasteiger partial charge is 0.277 e. The van der Waals surface area contributed by atoms with Crippen LogP contribution >= 0.6 is 23.1 Å². The van der Waals surface area contributed by atoms with E-state index in [0.717, 1.165) is 21.2 Å². The summed E-state index contributed by atoms with van der Waals surface area (Å²) in [6.45, 7) is 0. The molecule has 1 aromatic heterocycles. The number of thiazole rings is 1. The van der Waals surface area contributed by atoms with Gasteiger partial charge in [0.1, 0.15) is 0 Å². The number of thioether (sulfide) groups is 1. The van der Waals surface area contributed by atoms with E-state index >= 15 is 0 Å². The van der Waals surface area contributed by atoms with Crippen molar-refractivity contribution in [1.82, 2.24) is 4.98 Å². The summed E-state index contributed by atoms with van der Waals surface area (Å²) < 4.78 is 1.14. The Balaban J connectivity index is 2.08. The number of hydrogen-bond acceptors (Lipinski definition) is 4. The van der Waals surface area contributed by atoms with E-state index < -0.39 is 0 Å². The van der Waals surface area contributed by atoms with Crippen LogP contribution in [0.25, 0.3) is 10.2 Å². The van der Waals surface area contributed by atoms with E-state index in [0.29, 0.717) is 5.75 Å². The maximum atomic E-state index is 11.5. The van der Waals surface area contributed by atoms with Gasteiger partial charge in [0.2, 0.25) is 5.91 Å². The van der Waals surface area contributed by atoms with Gasteiger partial charge in [-0.05, 0) is 12.1 Å². The number of nitrogens with zero attached hydrogens (tertiary/aromatic N) is 2. The zero-order valence-corrected chi connectivity index (χ0v) is 9.48. The molecule has 1 amide bonds. The zero-order chi connectivity index (χ0) is 10.3. The summed E-state index contributed by atoms with van der Waals surface area (Å²) in [4.78, 5) is 17.7. The molecule has 15 heavy (non-hydrogen) atoms. The molecular weight excluding hydrogens is 228 g/mol. The van der Waals surface area contributed by atoms with Gasteiger partial charge in [-0.3, -0.25) is 9.69 Å². The SMILES string of the molecule is O=C1CSCN1c1nc2ccccc2s1. The van der Waals surface area contributed by atoms with Crippen LogP contribution in [0.5, 0.6) is 0 Å². The maximum absolute atomic E-state index is 11.5. The van der Waals surface area contributed by atoms with Crippen LogP contribution in [0, 0.1) is 0 Å². The molecule has 1 aliphatic rings. The van der Waals surface area contributed by atoms with Gasteiger partial charge in [-0.15, -0.1) is 11.8 Å². The summed E-state index contributed by atoms with van der Waals surface area (Å²) in [7, 11) is 0. The first-order chi connectivity index (χ1) is 7.34. The summed E-state index contributed by atoms with van der Waals surface area (Å²) in [5, 5.41) is 0.825. The van der Waals surface area contributed by atoms with Crippen LogP contribution in [0.4, 0.5) is 5.13 Å². The summed E-state index contributed by atoms with van der Waals surface area (Å²) in [5.41, 5.74) is 0.974. The fourth-order valence-corrected chi connectivity index (χ4v) is 3.45. The summed E-state index contributed by atoms with van der Waals surface area (Å²) in [6.07, 6.45) is 0. The fourth-order valence-electron chi connectivity index (χ4n) is 1.51. The van der Waals surface area contributed by atoms with Gasteiger partial charge in [0.05, 0.1) is 21.8 Å². The number of fused-ring (bicyclic) bond motifs is 1. The standard InChI is InChI=1S/C10H8N2OS2/c13-9-5-14-6-12(9)10-11-7-3-1-2-4-8(7)15-10/h1-4H,5-6H2. The predicted octanol–water partition coefficient (Wildman–Crippen LogP) is 2.33. The molecular formula is C10H8N2OS2. The van der Waals surface area contributed by atoms with Crippen molar-refractivity contribution in [3.8, 4) is 0 Å². The average Bonchev–Trinajstić information content (AvgIpc) is 2.82. The minimum atomic E-state index is 0.166. The smallest absolute Gasteiger partial charge is 0.239 e. The first-order valence-corrected chi connectivity index (χ1v) is 6.55. The third-order valence-electron chi connectivity index (χ3n) is 2.26. The summed E-state index contributed by atoms with van der Waals surface area (Å²) in [5.74, 6) is 1.48. The van der Waals surface area contributed by atoms with Gasteiger partial charge in [0, 0.05) is 0 Å². The first-order valence-electron chi connectivity index (χ1n) is 4.58. The lowest BCUT2D eigenvalue weighted by Gasteiger charge is -2.08. The van der Waals surface area contributed by atoms with Gasteiger partial charge in [0.25, 0.3) is 0 Å². The second-order valence-electron chi connectivity index (χ2n) is 3.26. The number of anilines is 1. The number of aromatic nitrogens is 1. The molecule has 0 spiro atoms. The molecule has 1 aliphatic heterocycles. The summed E-state index contributed by atoms with van der Waals surface area (Å²) in [6, 6.07) is 7.96. The Hall–Kier alpha value is -1.07. The monoisotopic (exact) mass is 236 g/mol. The third kappa shape index (κ3) is 1.52. The predicted molar refractivity (Wildman–Crippen MR) is 64.4 cm³/mol. The van der Waals surface area contributed by atoms with E-state index in [1.165, 1.54) is 0 Å². The van der Waals surface area contributed by atoms with Gasteiger partial charge in [-0.1, -0.05) is 23.5 Å². The minimum absolute atomic E-state index is 0.166. The number of carbonyl (C=O) groups excluding carboxylic acids is 1. The van der Waals surface area contributed by atoms with Crippen molar-refractivity contribution < 1.29 is 4.79 Å². The van der Waals surface area contributed by atoms with Crippen molar-refractivity contribution in [3.05, 3.63) is 24.3 Å². The van der Waals surface area contributed by atoms with E-state index in [9.17, 15) is 4.79 Å². The number of benzene rings is 1. The maximum Gasteiger partial charge on any atom is 0.239 e. The molecule has 3 nitrogen and oxygen atoms in total.